The first-order valence-corrected chi connectivity index (χ1v) is 9.62. The Kier molecular flexibility index (Phi) is 4.94. The first kappa shape index (κ1) is 16.4. The molecular formula is C17H23N3O2S. The Balaban J connectivity index is 1.69. The molecule has 1 N–H and O–H groups in total. The number of benzene rings is 1. The normalized spacial score (nSPS) is 16.2. The molecule has 3 rings (SSSR count). The molecule has 1 aromatic carbocycles. The standard InChI is InChI=1S/C17H23N3O2S/c1-14-12-15-6-4-7-16(17(15)18-13-14)23(21,22)19-8-5-11-20-9-2-3-10-20/h4,6-7,12-13,19H,2-3,5,8-11H2,1H3. The lowest BCUT2D eigenvalue weighted by molar-refractivity contribution is 0.334. The molecule has 1 aliphatic rings. The number of likely N-dealkylation sites (tertiary alicyclic amines) is 1. The van der Waals surface area contributed by atoms with Crippen LogP contribution in [0.5, 0.6) is 0 Å². The molecule has 1 aromatic heterocycles. The lowest BCUT2D eigenvalue weighted by atomic mass is 10.2. The van der Waals surface area contributed by atoms with Crippen LogP contribution >= 0.6 is 0 Å². The molecule has 0 bridgehead atoms. The van der Waals surface area contributed by atoms with Gasteiger partial charge in [0, 0.05) is 18.1 Å². The number of rotatable bonds is 6. The fraction of sp³-hybridized carbons (Fsp3) is 0.471. The average Bonchev–Trinajstić information content (AvgIpc) is 3.04. The van der Waals surface area contributed by atoms with Crippen molar-refractivity contribution in [1.82, 2.24) is 14.6 Å². The Morgan fingerprint density at radius 2 is 2.04 bits per heavy atom. The summed E-state index contributed by atoms with van der Waals surface area (Å²) in [5.41, 5.74) is 1.55. The lowest BCUT2D eigenvalue weighted by Gasteiger charge is -2.14. The van der Waals surface area contributed by atoms with Gasteiger partial charge in [-0.3, -0.25) is 4.98 Å². The summed E-state index contributed by atoms with van der Waals surface area (Å²) in [7, 11) is -3.53. The zero-order chi connectivity index (χ0) is 16.3. The van der Waals surface area contributed by atoms with E-state index in [9.17, 15) is 8.42 Å². The van der Waals surface area contributed by atoms with Gasteiger partial charge in [0.15, 0.2) is 0 Å². The molecule has 0 amide bonds. The van der Waals surface area contributed by atoms with Crippen LogP contribution in [0, 0.1) is 6.92 Å². The molecule has 6 heteroatoms. The zero-order valence-electron chi connectivity index (χ0n) is 13.5. The highest BCUT2D eigenvalue weighted by molar-refractivity contribution is 7.89. The van der Waals surface area contributed by atoms with E-state index in [1.807, 2.05) is 19.1 Å². The van der Waals surface area contributed by atoms with Gasteiger partial charge in [-0.2, -0.15) is 0 Å². The van der Waals surface area contributed by atoms with Crippen LogP contribution < -0.4 is 4.72 Å². The number of aromatic nitrogens is 1. The van der Waals surface area contributed by atoms with Crippen molar-refractivity contribution in [2.24, 2.45) is 0 Å². The van der Waals surface area contributed by atoms with E-state index in [-0.39, 0.29) is 4.90 Å². The van der Waals surface area contributed by atoms with Crippen LogP contribution in [0.2, 0.25) is 0 Å². The molecule has 0 saturated carbocycles. The van der Waals surface area contributed by atoms with Gasteiger partial charge >= 0.3 is 0 Å². The van der Waals surface area contributed by atoms with E-state index in [0.29, 0.717) is 12.1 Å². The number of hydrogen-bond acceptors (Lipinski definition) is 4. The number of aryl methyl sites for hydroxylation is 1. The highest BCUT2D eigenvalue weighted by atomic mass is 32.2. The van der Waals surface area contributed by atoms with Crippen molar-refractivity contribution in [1.29, 1.82) is 0 Å². The lowest BCUT2D eigenvalue weighted by Crippen LogP contribution is -2.29. The number of nitrogens with zero attached hydrogens (tertiary/aromatic N) is 2. The van der Waals surface area contributed by atoms with Crippen molar-refractivity contribution >= 4 is 20.9 Å². The van der Waals surface area contributed by atoms with Crippen LogP contribution in [0.15, 0.2) is 35.4 Å². The predicted molar refractivity (Wildman–Crippen MR) is 92.0 cm³/mol. The van der Waals surface area contributed by atoms with Crippen LogP contribution in [0.25, 0.3) is 10.9 Å². The average molecular weight is 333 g/mol. The Labute approximate surface area is 137 Å². The summed E-state index contributed by atoms with van der Waals surface area (Å²) in [6.07, 6.45) is 5.05. The first-order valence-electron chi connectivity index (χ1n) is 8.14. The summed E-state index contributed by atoms with van der Waals surface area (Å²) in [6, 6.07) is 7.23. The van der Waals surface area contributed by atoms with E-state index >= 15 is 0 Å². The molecule has 1 fully saturated rings. The summed E-state index contributed by atoms with van der Waals surface area (Å²) in [6.45, 7) is 5.64. The Morgan fingerprint density at radius 3 is 2.83 bits per heavy atom. The largest absolute Gasteiger partial charge is 0.303 e. The second kappa shape index (κ2) is 6.95. The van der Waals surface area contributed by atoms with Gasteiger partial charge in [-0.05, 0) is 63.5 Å². The van der Waals surface area contributed by atoms with E-state index in [2.05, 4.69) is 14.6 Å². The fourth-order valence-electron chi connectivity index (χ4n) is 3.05. The molecule has 0 atom stereocenters. The van der Waals surface area contributed by atoms with Crippen molar-refractivity contribution in [3.8, 4) is 0 Å². The van der Waals surface area contributed by atoms with Crippen LogP contribution in [-0.2, 0) is 10.0 Å². The molecule has 0 aliphatic carbocycles. The molecule has 124 valence electrons. The fourth-order valence-corrected chi connectivity index (χ4v) is 4.30. The van der Waals surface area contributed by atoms with Gasteiger partial charge in [0.1, 0.15) is 4.90 Å². The van der Waals surface area contributed by atoms with Crippen LogP contribution in [0.4, 0.5) is 0 Å². The number of sulfonamides is 1. The SMILES string of the molecule is Cc1cnc2c(S(=O)(=O)NCCCN3CCCC3)cccc2c1. The van der Waals surface area contributed by atoms with E-state index in [1.165, 1.54) is 12.8 Å². The third-order valence-electron chi connectivity index (χ3n) is 4.24. The minimum absolute atomic E-state index is 0.260. The first-order chi connectivity index (χ1) is 11.1. The number of pyridine rings is 1. The van der Waals surface area contributed by atoms with Crippen molar-refractivity contribution < 1.29 is 8.42 Å². The number of para-hydroxylation sites is 1. The van der Waals surface area contributed by atoms with Crippen LogP contribution in [0.3, 0.4) is 0 Å². The summed E-state index contributed by atoms with van der Waals surface area (Å²) in [5.74, 6) is 0. The molecule has 0 radical (unpaired) electrons. The Bertz CT molecular complexity index is 784. The number of nitrogens with one attached hydrogen (secondary N) is 1. The maximum absolute atomic E-state index is 12.6. The molecule has 5 nitrogen and oxygen atoms in total. The smallest absolute Gasteiger partial charge is 0.242 e. The second-order valence-corrected chi connectivity index (χ2v) is 7.88. The zero-order valence-corrected chi connectivity index (χ0v) is 14.3. The summed E-state index contributed by atoms with van der Waals surface area (Å²) >= 11 is 0. The summed E-state index contributed by atoms with van der Waals surface area (Å²) in [4.78, 5) is 6.96. The Hall–Kier alpha value is -1.50. The van der Waals surface area contributed by atoms with Gasteiger partial charge in [-0.1, -0.05) is 12.1 Å². The molecule has 1 saturated heterocycles. The monoisotopic (exact) mass is 333 g/mol. The number of fused-ring (bicyclic) bond motifs is 1. The van der Waals surface area contributed by atoms with Gasteiger partial charge in [0.25, 0.3) is 0 Å². The third kappa shape index (κ3) is 3.88. The maximum Gasteiger partial charge on any atom is 0.242 e. The van der Waals surface area contributed by atoms with Crippen molar-refractivity contribution in [3.63, 3.8) is 0 Å². The van der Waals surface area contributed by atoms with Gasteiger partial charge < -0.3 is 4.90 Å². The number of hydrogen-bond donors (Lipinski definition) is 1. The van der Waals surface area contributed by atoms with Crippen molar-refractivity contribution in [2.45, 2.75) is 31.1 Å². The van der Waals surface area contributed by atoms with Crippen LogP contribution in [0.1, 0.15) is 24.8 Å². The topological polar surface area (TPSA) is 62.3 Å². The molecule has 2 aromatic rings. The van der Waals surface area contributed by atoms with E-state index in [4.69, 9.17) is 0 Å². The highest BCUT2D eigenvalue weighted by Gasteiger charge is 2.18. The molecular weight excluding hydrogens is 310 g/mol. The van der Waals surface area contributed by atoms with Gasteiger partial charge in [0.05, 0.1) is 5.52 Å². The Morgan fingerprint density at radius 1 is 1.26 bits per heavy atom. The van der Waals surface area contributed by atoms with Crippen LogP contribution in [-0.4, -0.2) is 44.5 Å². The van der Waals surface area contributed by atoms with E-state index in [0.717, 1.165) is 37.0 Å². The summed E-state index contributed by atoms with van der Waals surface area (Å²) < 4.78 is 27.8. The van der Waals surface area contributed by atoms with E-state index in [1.54, 1.807) is 18.3 Å². The second-order valence-electron chi connectivity index (χ2n) is 6.14. The molecule has 23 heavy (non-hydrogen) atoms. The maximum atomic E-state index is 12.6. The summed E-state index contributed by atoms with van der Waals surface area (Å²) in [5, 5.41) is 0.852. The molecule has 0 unspecified atom stereocenters. The quantitative estimate of drug-likeness (QED) is 0.824. The minimum Gasteiger partial charge on any atom is -0.303 e. The van der Waals surface area contributed by atoms with Crippen molar-refractivity contribution in [2.75, 3.05) is 26.2 Å². The molecule has 1 aliphatic heterocycles. The third-order valence-corrected chi connectivity index (χ3v) is 5.73. The van der Waals surface area contributed by atoms with Gasteiger partial charge in [-0.15, -0.1) is 0 Å². The van der Waals surface area contributed by atoms with Gasteiger partial charge in [-0.25, -0.2) is 13.1 Å². The van der Waals surface area contributed by atoms with Crippen molar-refractivity contribution in [3.05, 3.63) is 36.0 Å². The molecule has 0 spiro atoms. The minimum atomic E-state index is -3.53. The van der Waals surface area contributed by atoms with Gasteiger partial charge in [0.2, 0.25) is 10.0 Å². The highest BCUT2D eigenvalue weighted by Crippen LogP contribution is 2.21. The van der Waals surface area contributed by atoms with E-state index < -0.39 is 10.0 Å². The molecule has 2 heterocycles. The predicted octanol–water partition coefficient (Wildman–Crippen LogP) is 2.31.